The van der Waals surface area contributed by atoms with E-state index in [0.29, 0.717) is 64.5 Å². The van der Waals surface area contributed by atoms with Gasteiger partial charge in [-0.25, -0.2) is 27.8 Å². The summed E-state index contributed by atoms with van der Waals surface area (Å²) in [7, 11) is 4.84. The maximum atomic E-state index is 15.0. The molecule has 1 N–H and O–H groups in total. The molecule has 0 unspecified atom stereocenters. The quantitative estimate of drug-likeness (QED) is 0.290. The molecule has 2 aliphatic rings. The largest absolute Gasteiger partial charge is 0.378 e. The van der Waals surface area contributed by atoms with Crippen molar-refractivity contribution in [1.82, 2.24) is 33.8 Å². The Bertz CT molecular complexity index is 2420. The molecule has 51 heavy (non-hydrogen) atoms. The minimum absolute atomic E-state index is 0.0308. The molecule has 6 heterocycles. The SMILES string of the molecule is CO[C@H]1CN(C)C(=O)[C@@H]2C[C@@H](CN2c2cc(=O)n(C)c3c2cnn3-c2ccc(F)cc2F)Nc2cccc(n2)-c2cc(F)cc3nc(C)n(c23)C1. The number of likely N-dealkylation sites (N-methyl/N-ethyl adjacent to an activating group) is 1. The predicted molar refractivity (Wildman–Crippen MR) is 185 cm³/mol. The number of hydrogen-bond acceptors (Lipinski definition) is 8. The summed E-state index contributed by atoms with van der Waals surface area (Å²) in [6.45, 7) is 2.71. The highest BCUT2D eigenvalue weighted by atomic mass is 19.1. The summed E-state index contributed by atoms with van der Waals surface area (Å²) in [5.74, 6) is -1.03. The number of hydrogen-bond donors (Lipinski definition) is 1. The Labute approximate surface area is 289 Å². The standard InChI is InChI=1S/C36H34F3N9O3/c1-19-41-28-12-21(38)10-24-27-6-5-7-32(43-27)42-22-13-31(36(50)44(2)17-23(51-4)18-46(19)34(24)28)47(16-22)30-14-33(49)45(3)35-25(30)15-40-48(35)29-9-8-20(37)11-26(29)39/h5-12,14-15,22-23,31H,13,16-18H2,1-4H3,(H,42,43)/t22-,23-,31-/m0/s1. The van der Waals surface area contributed by atoms with Gasteiger partial charge in [0.1, 0.15) is 40.7 Å². The lowest BCUT2D eigenvalue weighted by atomic mass is 10.1. The van der Waals surface area contributed by atoms with Crippen LogP contribution in [0.1, 0.15) is 12.2 Å². The zero-order chi connectivity index (χ0) is 35.7. The van der Waals surface area contributed by atoms with Crippen LogP contribution in [0.4, 0.5) is 24.7 Å². The van der Waals surface area contributed by atoms with Crippen LogP contribution < -0.4 is 15.8 Å². The van der Waals surface area contributed by atoms with Crippen molar-refractivity contribution in [2.45, 2.75) is 38.1 Å². The van der Waals surface area contributed by atoms with Gasteiger partial charge in [0.25, 0.3) is 5.56 Å². The van der Waals surface area contributed by atoms with Crippen LogP contribution in [-0.4, -0.2) is 85.1 Å². The fourth-order valence-corrected chi connectivity index (χ4v) is 7.45. The second kappa shape index (κ2) is 12.3. The van der Waals surface area contributed by atoms with E-state index in [-0.39, 0.29) is 29.8 Å². The van der Waals surface area contributed by atoms with E-state index >= 15 is 0 Å². The Morgan fingerprint density at radius 2 is 1.75 bits per heavy atom. The predicted octanol–water partition coefficient (Wildman–Crippen LogP) is 4.41. The fraction of sp³-hybridized carbons (Fsp3) is 0.306. The number of amides is 1. The molecule has 8 rings (SSSR count). The lowest BCUT2D eigenvalue weighted by Gasteiger charge is -2.31. The van der Waals surface area contributed by atoms with Gasteiger partial charge in [0.05, 0.1) is 46.6 Å². The number of benzene rings is 2. The number of rotatable bonds is 3. The lowest BCUT2D eigenvalue weighted by Crippen LogP contribution is -2.47. The molecule has 12 nitrogen and oxygen atoms in total. The maximum Gasteiger partial charge on any atom is 0.254 e. The van der Waals surface area contributed by atoms with Gasteiger partial charge < -0.3 is 24.4 Å². The lowest BCUT2D eigenvalue weighted by molar-refractivity contribution is -0.132. The number of aryl methyl sites for hydroxylation is 2. The number of anilines is 2. The third-order valence-corrected chi connectivity index (χ3v) is 9.91. The molecule has 6 aromatic rings. The number of methoxy groups -OCH3 is 1. The van der Waals surface area contributed by atoms with Crippen LogP contribution >= 0.6 is 0 Å². The third kappa shape index (κ3) is 5.48. The van der Waals surface area contributed by atoms with Crippen molar-refractivity contribution < 1.29 is 22.7 Å². The molecule has 4 aromatic heterocycles. The first-order valence-corrected chi connectivity index (χ1v) is 16.5. The Hall–Kier alpha value is -5.70. The number of halogens is 3. The average Bonchev–Trinajstić information content (AvgIpc) is 3.80. The van der Waals surface area contributed by atoms with E-state index in [4.69, 9.17) is 9.72 Å². The summed E-state index contributed by atoms with van der Waals surface area (Å²) in [4.78, 5) is 40.9. The van der Waals surface area contributed by atoms with Gasteiger partial charge >= 0.3 is 0 Å². The number of carbonyl (C=O) groups excluding carboxylic acids is 1. The van der Waals surface area contributed by atoms with Crippen molar-refractivity contribution in [3.05, 3.63) is 94.4 Å². The molecule has 0 spiro atoms. The summed E-state index contributed by atoms with van der Waals surface area (Å²) in [6.07, 6.45) is 1.42. The average molecular weight is 698 g/mol. The van der Waals surface area contributed by atoms with E-state index in [0.717, 1.165) is 12.1 Å². The molecule has 1 amide bonds. The molecule has 0 radical (unpaired) electrons. The first-order valence-electron chi connectivity index (χ1n) is 16.5. The van der Waals surface area contributed by atoms with Gasteiger partial charge in [-0.15, -0.1) is 0 Å². The van der Waals surface area contributed by atoms with Gasteiger partial charge in [-0.05, 0) is 43.7 Å². The van der Waals surface area contributed by atoms with Crippen molar-refractivity contribution >= 4 is 39.5 Å². The van der Waals surface area contributed by atoms with E-state index in [1.165, 1.54) is 39.7 Å². The van der Waals surface area contributed by atoms with Gasteiger partial charge in [-0.1, -0.05) is 6.07 Å². The van der Waals surface area contributed by atoms with Crippen LogP contribution in [0, 0.1) is 24.4 Å². The summed E-state index contributed by atoms with van der Waals surface area (Å²) < 4.78 is 54.2. The van der Waals surface area contributed by atoms with Crippen LogP contribution in [-0.2, 0) is 23.1 Å². The number of imidazole rings is 1. The van der Waals surface area contributed by atoms with E-state index in [9.17, 15) is 22.8 Å². The molecule has 4 bridgehead atoms. The number of carbonyl (C=O) groups is 1. The zero-order valence-electron chi connectivity index (χ0n) is 28.3. The first kappa shape index (κ1) is 32.5. The van der Waals surface area contributed by atoms with E-state index < -0.39 is 35.2 Å². The maximum absolute atomic E-state index is 15.0. The molecule has 0 aliphatic carbocycles. The summed E-state index contributed by atoms with van der Waals surface area (Å²) >= 11 is 0. The van der Waals surface area contributed by atoms with Crippen LogP contribution in [0.3, 0.4) is 0 Å². The molecule has 2 aromatic carbocycles. The van der Waals surface area contributed by atoms with Crippen molar-refractivity contribution in [3.8, 4) is 16.9 Å². The molecule has 0 saturated carbocycles. The molecular weight excluding hydrogens is 663 g/mol. The second-order valence-electron chi connectivity index (χ2n) is 13.1. The third-order valence-electron chi connectivity index (χ3n) is 9.91. The van der Waals surface area contributed by atoms with Gasteiger partial charge in [0.15, 0.2) is 5.82 Å². The van der Waals surface area contributed by atoms with Gasteiger partial charge in [0, 0.05) is 64.1 Å². The Balaban J connectivity index is 1.26. The van der Waals surface area contributed by atoms with Crippen LogP contribution in [0.5, 0.6) is 0 Å². The fourth-order valence-electron chi connectivity index (χ4n) is 7.45. The van der Waals surface area contributed by atoms with Gasteiger partial charge in [-0.2, -0.15) is 5.10 Å². The zero-order valence-corrected chi connectivity index (χ0v) is 28.3. The number of pyridine rings is 2. The molecule has 262 valence electrons. The Morgan fingerprint density at radius 3 is 2.53 bits per heavy atom. The molecule has 15 heteroatoms. The van der Waals surface area contributed by atoms with Crippen LogP contribution in [0.25, 0.3) is 39.0 Å². The summed E-state index contributed by atoms with van der Waals surface area (Å²) in [5.41, 5.74) is 2.62. The van der Waals surface area contributed by atoms with Crippen LogP contribution in [0.2, 0.25) is 0 Å². The topological polar surface area (TPSA) is 115 Å². The molecular formula is C36H34F3N9O3. The minimum atomic E-state index is -0.842. The summed E-state index contributed by atoms with van der Waals surface area (Å²) in [5, 5.41) is 8.39. The highest BCUT2D eigenvalue weighted by Gasteiger charge is 2.40. The van der Waals surface area contributed by atoms with Gasteiger partial charge in [0.2, 0.25) is 5.91 Å². The van der Waals surface area contributed by atoms with E-state index in [1.807, 2.05) is 34.6 Å². The molecule has 1 fully saturated rings. The number of fused-ring (bicyclic) bond motifs is 6. The highest BCUT2D eigenvalue weighted by Crippen LogP contribution is 2.35. The normalized spacial score (nSPS) is 19.4. The Kier molecular flexibility index (Phi) is 7.81. The van der Waals surface area contributed by atoms with E-state index in [1.54, 1.807) is 26.1 Å². The smallest absolute Gasteiger partial charge is 0.254 e. The van der Waals surface area contributed by atoms with Gasteiger partial charge in [-0.3, -0.25) is 14.2 Å². The number of nitrogens with one attached hydrogen (secondary N) is 1. The number of ether oxygens (including phenoxy) is 1. The summed E-state index contributed by atoms with van der Waals surface area (Å²) in [6, 6.07) is 11.9. The van der Waals surface area contributed by atoms with Crippen molar-refractivity contribution in [3.63, 3.8) is 0 Å². The highest BCUT2D eigenvalue weighted by molar-refractivity contribution is 5.95. The van der Waals surface area contributed by atoms with Crippen molar-refractivity contribution in [2.75, 3.05) is 37.5 Å². The minimum Gasteiger partial charge on any atom is -0.378 e. The Morgan fingerprint density at radius 1 is 0.922 bits per heavy atom. The monoisotopic (exact) mass is 697 g/mol. The van der Waals surface area contributed by atoms with Crippen LogP contribution in [0.15, 0.2) is 65.6 Å². The molecule has 2 aliphatic heterocycles. The molecule has 3 atom stereocenters. The van der Waals surface area contributed by atoms with Crippen molar-refractivity contribution in [2.24, 2.45) is 7.05 Å². The molecule has 1 saturated heterocycles. The van der Waals surface area contributed by atoms with Crippen molar-refractivity contribution in [1.29, 1.82) is 0 Å². The first-order chi connectivity index (χ1) is 24.5. The second-order valence-corrected chi connectivity index (χ2v) is 13.1. The number of aromatic nitrogens is 6. The number of nitrogens with zero attached hydrogens (tertiary/aromatic N) is 8. The van der Waals surface area contributed by atoms with E-state index in [2.05, 4.69) is 15.4 Å².